The maximum absolute atomic E-state index is 5.54. The first-order chi connectivity index (χ1) is 7.63. The van der Waals surface area contributed by atoms with Gasteiger partial charge in [0.05, 0.1) is 0 Å². The molecule has 1 nitrogen and oxygen atoms in total. The van der Waals surface area contributed by atoms with Gasteiger partial charge in [0.25, 0.3) is 0 Å². The van der Waals surface area contributed by atoms with Crippen LogP contribution < -0.4 is 5.73 Å². The second kappa shape index (κ2) is 7.36. The van der Waals surface area contributed by atoms with Gasteiger partial charge < -0.3 is 5.73 Å². The van der Waals surface area contributed by atoms with Gasteiger partial charge in [-0.2, -0.15) is 0 Å². The Kier molecular flexibility index (Phi) is 6.47. The molecule has 1 aromatic carbocycles. The van der Waals surface area contributed by atoms with Crippen molar-refractivity contribution in [3.05, 3.63) is 28.2 Å². The van der Waals surface area contributed by atoms with Crippen molar-refractivity contribution in [3.63, 3.8) is 0 Å². The zero-order chi connectivity index (χ0) is 12.0. The van der Waals surface area contributed by atoms with Gasteiger partial charge in [-0.3, -0.25) is 0 Å². The van der Waals surface area contributed by atoms with Gasteiger partial charge >= 0.3 is 0 Å². The van der Waals surface area contributed by atoms with E-state index in [4.69, 9.17) is 5.73 Å². The minimum atomic E-state index is 0.715. The highest BCUT2D eigenvalue weighted by atomic mass is 79.9. The summed E-state index contributed by atoms with van der Waals surface area (Å²) in [7, 11) is 0. The molecule has 0 aromatic heterocycles. The second-order valence-electron chi connectivity index (χ2n) is 4.33. The van der Waals surface area contributed by atoms with E-state index in [0.29, 0.717) is 6.54 Å². The van der Waals surface area contributed by atoms with E-state index in [1.165, 1.54) is 27.1 Å². The molecular weight excluding hydrogens is 282 g/mol. The number of thioether (sulfide) groups is 1. The van der Waals surface area contributed by atoms with Crippen LogP contribution in [-0.2, 0) is 6.42 Å². The Balaban J connectivity index is 2.54. The van der Waals surface area contributed by atoms with E-state index in [0.717, 1.165) is 12.3 Å². The molecule has 0 aliphatic heterocycles. The minimum absolute atomic E-state index is 0.715. The van der Waals surface area contributed by atoms with Crippen molar-refractivity contribution >= 4 is 27.7 Å². The molecule has 0 unspecified atom stereocenters. The van der Waals surface area contributed by atoms with Crippen LogP contribution in [0.15, 0.2) is 27.6 Å². The molecule has 0 heterocycles. The maximum Gasteiger partial charge on any atom is 0.0313 e. The van der Waals surface area contributed by atoms with Crippen molar-refractivity contribution in [2.75, 3.05) is 12.3 Å². The van der Waals surface area contributed by atoms with E-state index < -0.39 is 0 Å². The SMILES string of the molecule is CC(C)CCSc1ccc(CCN)cc1Br. The first-order valence-electron chi connectivity index (χ1n) is 5.74. The monoisotopic (exact) mass is 301 g/mol. The van der Waals surface area contributed by atoms with Crippen LogP contribution in [0.5, 0.6) is 0 Å². The van der Waals surface area contributed by atoms with E-state index in [-0.39, 0.29) is 0 Å². The average molecular weight is 302 g/mol. The van der Waals surface area contributed by atoms with Gasteiger partial charge in [-0.1, -0.05) is 19.9 Å². The summed E-state index contributed by atoms with van der Waals surface area (Å²) in [5, 5.41) is 0. The average Bonchev–Trinajstić information content (AvgIpc) is 2.21. The quantitative estimate of drug-likeness (QED) is 0.801. The molecule has 2 N–H and O–H groups in total. The summed E-state index contributed by atoms with van der Waals surface area (Å²) in [6.07, 6.45) is 2.22. The standard InChI is InChI=1S/C13H20BrNS/c1-10(2)6-8-16-13-4-3-11(5-7-15)9-12(13)14/h3-4,9-10H,5-8,15H2,1-2H3. The molecule has 0 aliphatic rings. The fraction of sp³-hybridized carbons (Fsp3) is 0.538. The van der Waals surface area contributed by atoms with Gasteiger partial charge in [0.2, 0.25) is 0 Å². The van der Waals surface area contributed by atoms with Crippen LogP contribution in [0.3, 0.4) is 0 Å². The van der Waals surface area contributed by atoms with Crippen LogP contribution in [0, 0.1) is 5.92 Å². The summed E-state index contributed by atoms with van der Waals surface area (Å²) in [6, 6.07) is 6.56. The predicted molar refractivity (Wildman–Crippen MR) is 77.1 cm³/mol. The van der Waals surface area contributed by atoms with Crippen LogP contribution >= 0.6 is 27.7 Å². The van der Waals surface area contributed by atoms with Crippen LogP contribution in [0.2, 0.25) is 0 Å². The Morgan fingerprint density at radius 1 is 1.38 bits per heavy atom. The molecule has 90 valence electrons. The second-order valence-corrected chi connectivity index (χ2v) is 6.33. The summed E-state index contributed by atoms with van der Waals surface area (Å²) >= 11 is 5.55. The van der Waals surface area contributed by atoms with E-state index in [9.17, 15) is 0 Å². The molecule has 1 aromatic rings. The highest BCUT2D eigenvalue weighted by Crippen LogP contribution is 2.29. The third-order valence-corrected chi connectivity index (χ3v) is 4.41. The van der Waals surface area contributed by atoms with Crippen LogP contribution in [0.4, 0.5) is 0 Å². The Hall–Kier alpha value is 0.01000. The van der Waals surface area contributed by atoms with Gasteiger partial charge in [-0.25, -0.2) is 0 Å². The number of halogens is 1. The smallest absolute Gasteiger partial charge is 0.0313 e. The normalized spacial score (nSPS) is 11.1. The number of hydrogen-bond donors (Lipinski definition) is 1. The van der Waals surface area contributed by atoms with Crippen molar-refractivity contribution in [2.45, 2.75) is 31.6 Å². The molecule has 0 fully saturated rings. The summed E-state index contributed by atoms with van der Waals surface area (Å²) in [6.45, 7) is 5.24. The highest BCUT2D eigenvalue weighted by Gasteiger charge is 2.03. The lowest BCUT2D eigenvalue weighted by Crippen LogP contribution is -2.02. The minimum Gasteiger partial charge on any atom is -0.330 e. The molecule has 0 radical (unpaired) electrons. The van der Waals surface area contributed by atoms with E-state index in [1.54, 1.807) is 0 Å². The third-order valence-electron chi connectivity index (χ3n) is 2.38. The fourth-order valence-corrected chi connectivity index (χ4v) is 3.33. The first-order valence-corrected chi connectivity index (χ1v) is 7.52. The van der Waals surface area contributed by atoms with Crippen molar-refractivity contribution in [3.8, 4) is 0 Å². The van der Waals surface area contributed by atoms with Crippen molar-refractivity contribution in [1.82, 2.24) is 0 Å². The summed E-state index contributed by atoms with van der Waals surface area (Å²) in [5.41, 5.74) is 6.85. The van der Waals surface area contributed by atoms with E-state index in [1.807, 2.05) is 11.8 Å². The highest BCUT2D eigenvalue weighted by molar-refractivity contribution is 9.10. The van der Waals surface area contributed by atoms with E-state index in [2.05, 4.69) is 48.0 Å². The number of nitrogens with two attached hydrogens (primary N) is 1. The van der Waals surface area contributed by atoms with Gasteiger partial charge in [0.1, 0.15) is 0 Å². The molecule has 0 atom stereocenters. The molecule has 16 heavy (non-hydrogen) atoms. The lowest BCUT2D eigenvalue weighted by molar-refractivity contribution is 0.632. The lowest BCUT2D eigenvalue weighted by Gasteiger charge is -2.08. The molecular formula is C13H20BrNS. The van der Waals surface area contributed by atoms with Crippen LogP contribution in [0.25, 0.3) is 0 Å². The van der Waals surface area contributed by atoms with Crippen LogP contribution in [0.1, 0.15) is 25.8 Å². The Labute approximate surface area is 111 Å². The third kappa shape index (κ3) is 4.89. The molecule has 0 bridgehead atoms. The Bertz CT molecular complexity index is 326. The molecule has 1 rings (SSSR count). The maximum atomic E-state index is 5.54. The first kappa shape index (κ1) is 14.1. The topological polar surface area (TPSA) is 26.0 Å². The van der Waals surface area contributed by atoms with Crippen molar-refractivity contribution in [2.24, 2.45) is 11.7 Å². The lowest BCUT2D eigenvalue weighted by atomic mass is 10.1. The molecule has 3 heteroatoms. The predicted octanol–water partition coefficient (Wildman–Crippen LogP) is 4.09. The number of hydrogen-bond acceptors (Lipinski definition) is 2. The molecule has 0 saturated heterocycles. The molecule has 0 spiro atoms. The number of rotatable bonds is 6. The summed E-state index contributed by atoms with van der Waals surface area (Å²) in [4.78, 5) is 1.33. The number of benzene rings is 1. The summed E-state index contributed by atoms with van der Waals surface area (Å²) < 4.78 is 1.20. The van der Waals surface area contributed by atoms with Gasteiger partial charge in [-0.05, 0) is 64.7 Å². The Morgan fingerprint density at radius 2 is 2.12 bits per heavy atom. The van der Waals surface area contributed by atoms with Gasteiger partial charge in [0, 0.05) is 9.37 Å². The van der Waals surface area contributed by atoms with Crippen molar-refractivity contribution in [1.29, 1.82) is 0 Å². The zero-order valence-electron chi connectivity index (χ0n) is 10.0. The fourth-order valence-electron chi connectivity index (χ4n) is 1.39. The van der Waals surface area contributed by atoms with Gasteiger partial charge in [-0.15, -0.1) is 11.8 Å². The van der Waals surface area contributed by atoms with Gasteiger partial charge in [0.15, 0.2) is 0 Å². The van der Waals surface area contributed by atoms with Crippen LogP contribution in [-0.4, -0.2) is 12.3 Å². The zero-order valence-corrected chi connectivity index (χ0v) is 12.4. The van der Waals surface area contributed by atoms with Crippen molar-refractivity contribution < 1.29 is 0 Å². The molecule has 0 amide bonds. The molecule has 0 saturated carbocycles. The summed E-state index contributed by atoms with van der Waals surface area (Å²) in [5.74, 6) is 1.97. The molecule has 0 aliphatic carbocycles. The Morgan fingerprint density at radius 3 is 2.69 bits per heavy atom. The van der Waals surface area contributed by atoms with E-state index >= 15 is 0 Å². The largest absolute Gasteiger partial charge is 0.330 e.